The van der Waals surface area contributed by atoms with Crippen molar-refractivity contribution in [2.24, 2.45) is 4.99 Å². The molecular weight excluding hydrogens is 539 g/mol. The minimum absolute atomic E-state index is 0.267. The summed E-state index contributed by atoms with van der Waals surface area (Å²) >= 11 is 22.9. The Balaban J connectivity index is 1.81. The number of hydrogen-bond acceptors (Lipinski definition) is 6. The summed E-state index contributed by atoms with van der Waals surface area (Å²) in [6.07, 6.45) is 1.66. The van der Waals surface area contributed by atoms with E-state index in [-0.39, 0.29) is 17.5 Å². The van der Waals surface area contributed by atoms with Gasteiger partial charge in [-0.2, -0.15) is 0 Å². The third-order valence-corrected chi connectivity index (χ3v) is 6.27. The third kappa shape index (κ3) is 5.50. The summed E-state index contributed by atoms with van der Waals surface area (Å²) in [4.78, 5) is 28.3. The summed E-state index contributed by atoms with van der Waals surface area (Å²) in [7, 11) is 1.26. The molecule has 2 aromatic carbocycles. The van der Waals surface area contributed by atoms with Crippen LogP contribution in [0.3, 0.4) is 0 Å². The quantitative estimate of drug-likeness (QED) is 0.373. The number of methoxy groups -OCH3 is 1. The van der Waals surface area contributed by atoms with Crippen LogP contribution in [0.5, 0.6) is 5.75 Å². The molecule has 0 atom stereocenters. The van der Waals surface area contributed by atoms with Gasteiger partial charge >= 0.3 is 5.97 Å². The van der Waals surface area contributed by atoms with Crippen molar-refractivity contribution in [3.63, 3.8) is 0 Å². The standard InChI is InChI=1S/C19H12BrCl3N2O4S/c1-28-15(26)8-29-17-10(20)5-9(6-12(17)22)7-14-18(27)25-19(30-14)24-13-4-2-3-11(21)16(13)23/h2-7H,8H2,1H3,(H,24,25,27)/b14-7-. The molecule has 0 aliphatic carbocycles. The lowest BCUT2D eigenvalue weighted by Crippen LogP contribution is -2.19. The highest BCUT2D eigenvalue weighted by Gasteiger charge is 2.24. The average Bonchev–Trinajstić information content (AvgIpc) is 3.03. The molecule has 6 nitrogen and oxygen atoms in total. The van der Waals surface area contributed by atoms with Gasteiger partial charge in [-0.15, -0.1) is 0 Å². The van der Waals surface area contributed by atoms with E-state index < -0.39 is 5.97 Å². The van der Waals surface area contributed by atoms with E-state index in [0.29, 0.717) is 41.6 Å². The molecule has 0 unspecified atom stereocenters. The number of rotatable bonds is 5. The van der Waals surface area contributed by atoms with Crippen molar-refractivity contribution < 1.29 is 19.1 Å². The largest absolute Gasteiger partial charge is 0.479 e. The number of halogens is 4. The Morgan fingerprint density at radius 2 is 2.03 bits per heavy atom. The predicted molar refractivity (Wildman–Crippen MR) is 124 cm³/mol. The zero-order valence-electron chi connectivity index (χ0n) is 15.2. The molecule has 3 rings (SSSR count). The Morgan fingerprint density at radius 1 is 1.27 bits per heavy atom. The molecule has 30 heavy (non-hydrogen) atoms. The number of ether oxygens (including phenoxy) is 2. The van der Waals surface area contributed by atoms with Gasteiger partial charge in [-0.25, -0.2) is 9.79 Å². The number of aliphatic imine (C=N–C) groups is 1. The summed E-state index contributed by atoms with van der Waals surface area (Å²) in [5.74, 6) is -0.546. The van der Waals surface area contributed by atoms with Crippen LogP contribution < -0.4 is 10.1 Å². The summed E-state index contributed by atoms with van der Waals surface area (Å²) < 4.78 is 10.4. The SMILES string of the molecule is COC(=O)COc1c(Cl)cc(/C=C2\SC(=Nc3cccc(Cl)c3Cl)NC2=O)cc1Br. The number of nitrogens with one attached hydrogen (secondary N) is 1. The zero-order chi connectivity index (χ0) is 21.8. The first-order valence-electron chi connectivity index (χ1n) is 8.20. The lowest BCUT2D eigenvalue weighted by molar-refractivity contribution is -0.142. The van der Waals surface area contributed by atoms with Gasteiger partial charge in [0.05, 0.1) is 37.2 Å². The van der Waals surface area contributed by atoms with Gasteiger partial charge in [-0.05, 0) is 63.6 Å². The van der Waals surface area contributed by atoms with Crippen molar-refractivity contribution in [3.05, 3.63) is 60.3 Å². The number of carbonyl (C=O) groups excluding carboxylic acids is 2. The molecule has 1 saturated heterocycles. The number of nitrogens with zero attached hydrogens (tertiary/aromatic N) is 1. The minimum atomic E-state index is -0.533. The minimum Gasteiger partial charge on any atom is -0.479 e. The number of amidine groups is 1. The van der Waals surface area contributed by atoms with Gasteiger partial charge in [0, 0.05) is 0 Å². The highest BCUT2D eigenvalue weighted by molar-refractivity contribution is 9.10. The Morgan fingerprint density at radius 3 is 2.73 bits per heavy atom. The van der Waals surface area contributed by atoms with E-state index >= 15 is 0 Å². The van der Waals surface area contributed by atoms with Crippen LogP contribution in [0, 0.1) is 0 Å². The second-order valence-corrected chi connectivity index (χ2v) is 8.81. The van der Waals surface area contributed by atoms with Gasteiger partial charge in [-0.3, -0.25) is 4.79 Å². The van der Waals surface area contributed by atoms with Crippen LogP contribution in [-0.4, -0.2) is 30.8 Å². The van der Waals surface area contributed by atoms with Crippen LogP contribution >= 0.6 is 62.5 Å². The number of carbonyl (C=O) groups is 2. The van der Waals surface area contributed by atoms with E-state index in [4.69, 9.17) is 39.5 Å². The first-order chi connectivity index (χ1) is 14.3. The van der Waals surface area contributed by atoms with Crippen LogP contribution in [0.4, 0.5) is 5.69 Å². The molecule has 1 N–H and O–H groups in total. The van der Waals surface area contributed by atoms with E-state index in [9.17, 15) is 9.59 Å². The number of benzene rings is 2. The first-order valence-corrected chi connectivity index (χ1v) is 10.9. The lowest BCUT2D eigenvalue weighted by atomic mass is 10.2. The summed E-state index contributed by atoms with van der Waals surface area (Å²) in [6.45, 7) is -0.278. The van der Waals surface area contributed by atoms with Crippen molar-refractivity contribution in [2.75, 3.05) is 13.7 Å². The first kappa shape index (κ1) is 23.0. The monoisotopic (exact) mass is 548 g/mol. The maximum atomic E-state index is 12.3. The number of esters is 1. The van der Waals surface area contributed by atoms with Gasteiger partial charge in [0.15, 0.2) is 17.5 Å². The highest BCUT2D eigenvalue weighted by Crippen LogP contribution is 2.37. The van der Waals surface area contributed by atoms with Crippen LogP contribution in [0.2, 0.25) is 15.1 Å². The average molecular weight is 551 g/mol. The van der Waals surface area contributed by atoms with Crippen LogP contribution in [0.15, 0.2) is 44.7 Å². The molecule has 1 amide bonds. The topological polar surface area (TPSA) is 77.0 Å². The van der Waals surface area contributed by atoms with Crippen molar-refractivity contribution >= 4 is 91.3 Å². The zero-order valence-corrected chi connectivity index (χ0v) is 19.8. The van der Waals surface area contributed by atoms with Gasteiger partial charge in [0.1, 0.15) is 0 Å². The smallest absolute Gasteiger partial charge is 0.343 e. The normalized spacial score (nSPS) is 16.1. The molecule has 0 aromatic heterocycles. The number of thioether (sulfide) groups is 1. The van der Waals surface area contributed by atoms with E-state index in [1.807, 2.05) is 0 Å². The third-order valence-electron chi connectivity index (χ3n) is 3.68. The predicted octanol–water partition coefficient (Wildman–Crippen LogP) is 5.85. The molecule has 0 bridgehead atoms. The summed E-state index contributed by atoms with van der Waals surface area (Å²) in [6, 6.07) is 8.39. The summed E-state index contributed by atoms with van der Waals surface area (Å²) in [5, 5.41) is 4.00. The van der Waals surface area contributed by atoms with E-state index in [1.165, 1.54) is 7.11 Å². The molecule has 1 aliphatic rings. The van der Waals surface area contributed by atoms with E-state index in [1.54, 1.807) is 36.4 Å². The Labute approximate surface area is 199 Å². The maximum absolute atomic E-state index is 12.3. The molecule has 11 heteroatoms. The fourth-order valence-electron chi connectivity index (χ4n) is 2.31. The number of amides is 1. The van der Waals surface area contributed by atoms with Crippen LogP contribution in [-0.2, 0) is 14.3 Å². The van der Waals surface area contributed by atoms with Crippen molar-refractivity contribution in [2.45, 2.75) is 0 Å². The molecule has 1 fully saturated rings. The molecule has 1 aliphatic heterocycles. The molecule has 0 spiro atoms. The van der Waals surface area contributed by atoms with Crippen LogP contribution in [0.1, 0.15) is 5.56 Å². The van der Waals surface area contributed by atoms with Crippen molar-refractivity contribution in [1.82, 2.24) is 5.32 Å². The van der Waals surface area contributed by atoms with Gasteiger partial charge in [0.25, 0.3) is 5.91 Å². The van der Waals surface area contributed by atoms with Gasteiger partial charge < -0.3 is 14.8 Å². The molecule has 0 saturated carbocycles. The maximum Gasteiger partial charge on any atom is 0.343 e. The molecule has 2 aromatic rings. The second-order valence-electron chi connectivity index (χ2n) is 5.73. The fourth-order valence-corrected chi connectivity index (χ4v) is 4.47. The Bertz CT molecular complexity index is 1070. The van der Waals surface area contributed by atoms with Crippen LogP contribution in [0.25, 0.3) is 6.08 Å². The van der Waals surface area contributed by atoms with Gasteiger partial charge in [-0.1, -0.05) is 40.9 Å². The Hall–Kier alpha value is -1.71. The number of hydrogen-bond donors (Lipinski definition) is 1. The second kappa shape index (κ2) is 10.1. The Kier molecular flexibility index (Phi) is 7.70. The lowest BCUT2D eigenvalue weighted by Gasteiger charge is -2.10. The molecule has 1 heterocycles. The molecule has 0 radical (unpaired) electrons. The fraction of sp³-hybridized carbons (Fsp3) is 0.105. The molecular formula is C19H12BrCl3N2O4S. The van der Waals surface area contributed by atoms with E-state index in [2.05, 4.69) is 31.0 Å². The van der Waals surface area contributed by atoms with Gasteiger partial charge in [0.2, 0.25) is 0 Å². The highest BCUT2D eigenvalue weighted by atomic mass is 79.9. The van der Waals surface area contributed by atoms with Crippen molar-refractivity contribution in [1.29, 1.82) is 0 Å². The van der Waals surface area contributed by atoms with Crippen molar-refractivity contribution in [3.8, 4) is 5.75 Å². The molecule has 156 valence electrons. The van der Waals surface area contributed by atoms with E-state index in [0.717, 1.165) is 11.8 Å². The summed E-state index contributed by atoms with van der Waals surface area (Å²) in [5.41, 5.74) is 1.10.